The molecular formula is C73H52N2. The van der Waals surface area contributed by atoms with E-state index in [9.17, 15) is 0 Å². The molecule has 0 bridgehead atoms. The highest BCUT2D eigenvalue weighted by Crippen LogP contribution is 2.54. The molecule has 0 unspecified atom stereocenters. The molecule has 0 aromatic heterocycles. The standard InChI is InChI=1S/C73H52N2/c1-73(2)65-26-12-11-24-58(65)59-40-37-53(44-66(59)73)57-23-9-10-25-60(57)72-62-42-39-55(74-67-27-13-5-18-48(67)32-33-49-19-6-14-28-68(49)74)45-63(62)71(54-36-31-47-17-3-4-22-52(47)43-54)61-41-38-56(46-64(61)72)75-69-29-15-7-20-50(69)34-35-51-21-8-16-30-70(51)75/h3-7,9-20,22-46H,8,21H2,1-2H3. The third kappa shape index (κ3) is 6.79. The van der Waals surface area contributed by atoms with Gasteiger partial charge < -0.3 is 9.80 Å². The maximum atomic E-state index is 2.51. The summed E-state index contributed by atoms with van der Waals surface area (Å²) in [6.45, 7) is 4.77. The van der Waals surface area contributed by atoms with Crippen LogP contribution in [0.2, 0.25) is 0 Å². The predicted molar refractivity (Wildman–Crippen MR) is 319 cm³/mol. The zero-order chi connectivity index (χ0) is 49.8. The van der Waals surface area contributed by atoms with Crippen molar-refractivity contribution in [2.24, 2.45) is 0 Å². The summed E-state index contributed by atoms with van der Waals surface area (Å²) in [5.41, 5.74) is 24.5. The summed E-state index contributed by atoms with van der Waals surface area (Å²) in [5, 5.41) is 7.28. The lowest BCUT2D eigenvalue weighted by atomic mass is 9.80. The van der Waals surface area contributed by atoms with Crippen molar-refractivity contribution >= 4 is 79.0 Å². The number of allylic oxidation sites excluding steroid dienone is 4. The predicted octanol–water partition coefficient (Wildman–Crippen LogP) is 20.2. The minimum absolute atomic E-state index is 0.136. The minimum atomic E-state index is -0.136. The normalized spacial score (nSPS) is 14.8. The van der Waals surface area contributed by atoms with Crippen LogP contribution in [0.4, 0.5) is 28.4 Å². The van der Waals surface area contributed by atoms with Gasteiger partial charge in [-0.2, -0.15) is 0 Å². The molecular weight excluding hydrogens is 905 g/mol. The lowest BCUT2D eigenvalue weighted by molar-refractivity contribution is 0.660. The van der Waals surface area contributed by atoms with E-state index in [0.29, 0.717) is 0 Å². The molecule has 0 saturated heterocycles. The Labute approximate surface area is 438 Å². The fourth-order valence-electron chi connectivity index (χ4n) is 13.0. The Hall–Kier alpha value is -9.24. The van der Waals surface area contributed by atoms with Crippen molar-refractivity contribution in [3.63, 3.8) is 0 Å². The molecule has 4 aliphatic rings. The van der Waals surface area contributed by atoms with Gasteiger partial charge in [-0.15, -0.1) is 0 Å². The summed E-state index contributed by atoms with van der Waals surface area (Å²) in [6.07, 6.45) is 15.9. The molecule has 0 amide bonds. The number of hydrogen-bond acceptors (Lipinski definition) is 2. The Bertz CT molecular complexity index is 4300. The first-order valence-electron chi connectivity index (χ1n) is 26.5. The highest BCUT2D eigenvalue weighted by atomic mass is 15.2. The molecule has 2 nitrogen and oxygen atoms in total. The SMILES string of the molecule is CC1(C)c2ccccc2-c2ccc(-c3ccccc3-c3c4ccc(N5c6ccccc6C=Cc6ccccc65)cc4c(-c4ccc5ccccc5c4)c4ccc(N5C6=C(C=Cc7ccccc75)CCC=C6)cc34)cc21. The van der Waals surface area contributed by atoms with E-state index in [4.69, 9.17) is 0 Å². The summed E-state index contributed by atoms with van der Waals surface area (Å²) in [5.74, 6) is 0. The smallest absolute Gasteiger partial charge is 0.0534 e. The van der Waals surface area contributed by atoms with Crippen LogP contribution in [0.3, 0.4) is 0 Å². The average Bonchev–Trinajstić information content (AvgIpc) is 3.62. The largest absolute Gasteiger partial charge is 0.310 e. The molecule has 11 aromatic rings. The number of fused-ring (bicyclic) bond motifs is 9. The molecule has 2 aliphatic carbocycles. The first kappa shape index (κ1) is 43.4. The zero-order valence-corrected chi connectivity index (χ0v) is 42.1. The summed E-state index contributed by atoms with van der Waals surface area (Å²) >= 11 is 0. The van der Waals surface area contributed by atoms with Crippen molar-refractivity contribution in [2.75, 3.05) is 9.80 Å². The molecule has 0 N–H and O–H groups in total. The van der Waals surface area contributed by atoms with Gasteiger partial charge >= 0.3 is 0 Å². The van der Waals surface area contributed by atoms with Crippen LogP contribution in [0.1, 0.15) is 54.5 Å². The van der Waals surface area contributed by atoms with Gasteiger partial charge in [0.05, 0.1) is 17.1 Å². The van der Waals surface area contributed by atoms with E-state index in [-0.39, 0.29) is 5.41 Å². The highest BCUT2D eigenvalue weighted by Gasteiger charge is 2.36. The number of hydrogen-bond donors (Lipinski definition) is 0. The monoisotopic (exact) mass is 956 g/mol. The Morgan fingerprint density at radius 3 is 1.64 bits per heavy atom. The van der Waals surface area contributed by atoms with Gasteiger partial charge in [0, 0.05) is 22.5 Å². The van der Waals surface area contributed by atoms with Crippen LogP contribution in [-0.4, -0.2) is 0 Å². The van der Waals surface area contributed by atoms with Gasteiger partial charge in [-0.3, -0.25) is 0 Å². The molecule has 2 heterocycles. The topological polar surface area (TPSA) is 6.48 Å². The first-order chi connectivity index (χ1) is 37.0. The Morgan fingerprint density at radius 2 is 0.907 bits per heavy atom. The third-order valence-electron chi connectivity index (χ3n) is 16.6. The molecule has 11 aromatic carbocycles. The molecule has 75 heavy (non-hydrogen) atoms. The molecule has 0 fully saturated rings. The highest BCUT2D eigenvalue weighted by molar-refractivity contribution is 6.24. The van der Waals surface area contributed by atoms with E-state index in [0.717, 1.165) is 35.6 Å². The molecule has 0 spiro atoms. The lowest BCUT2D eigenvalue weighted by Gasteiger charge is -2.31. The van der Waals surface area contributed by atoms with Crippen molar-refractivity contribution in [1.82, 2.24) is 0 Å². The molecule has 354 valence electrons. The van der Waals surface area contributed by atoms with Gasteiger partial charge in [-0.05, 0) is 184 Å². The van der Waals surface area contributed by atoms with Crippen LogP contribution < -0.4 is 9.80 Å². The van der Waals surface area contributed by atoms with E-state index in [2.05, 4.69) is 278 Å². The van der Waals surface area contributed by atoms with Crippen LogP contribution >= 0.6 is 0 Å². The number of rotatable bonds is 5. The van der Waals surface area contributed by atoms with Gasteiger partial charge in [0.15, 0.2) is 0 Å². The van der Waals surface area contributed by atoms with Crippen molar-refractivity contribution < 1.29 is 0 Å². The maximum absolute atomic E-state index is 2.51. The molecule has 15 rings (SSSR count). The Balaban J connectivity index is 1.06. The number of anilines is 5. The van der Waals surface area contributed by atoms with Crippen LogP contribution in [0, 0.1) is 0 Å². The Morgan fingerprint density at radius 1 is 0.360 bits per heavy atom. The van der Waals surface area contributed by atoms with Crippen molar-refractivity contribution in [3.05, 3.63) is 276 Å². The molecule has 0 atom stereocenters. The van der Waals surface area contributed by atoms with E-state index >= 15 is 0 Å². The van der Waals surface area contributed by atoms with Crippen molar-refractivity contribution in [1.29, 1.82) is 0 Å². The van der Waals surface area contributed by atoms with Gasteiger partial charge in [-0.1, -0.05) is 208 Å². The molecule has 2 aliphatic heterocycles. The van der Waals surface area contributed by atoms with Crippen LogP contribution in [0.15, 0.2) is 248 Å². The van der Waals surface area contributed by atoms with E-state index in [1.54, 1.807) is 0 Å². The first-order valence-corrected chi connectivity index (χ1v) is 26.5. The fraction of sp³-hybridized carbons (Fsp3) is 0.0685. The molecule has 0 saturated carbocycles. The zero-order valence-electron chi connectivity index (χ0n) is 42.1. The summed E-state index contributed by atoms with van der Waals surface area (Å²) in [7, 11) is 0. The quantitative estimate of drug-likeness (QED) is 0.159. The van der Waals surface area contributed by atoms with E-state index < -0.39 is 0 Å². The van der Waals surface area contributed by atoms with Crippen LogP contribution in [0.5, 0.6) is 0 Å². The Kier molecular flexibility index (Phi) is 9.78. The summed E-state index contributed by atoms with van der Waals surface area (Å²) in [6, 6.07) is 82.2. The summed E-state index contributed by atoms with van der Waals surface area (Å²) < 4.78 is 0. The minimum Gasteiger partial charge on any atom is -0.310 e. The second-order valence-electron chi connectivity index (χ2n) is 21.1. The van der Waals surface area contributed by atoms with E-state index in [1.165, 1.54) is 122 Å². The average molecular weight is 957 g/mol. The van der Waals surface area contributed by atoms with Crippen molar-refractivity contribution in [2.45, 2.75) is 32.1 Å². The second kappa shape index (κ2) is 16.9. The number of para-hydroxylation sites is 3. The second-order valence-corrected chi connectivity index (χ2v) is 21.1. The van der Waals surface area contributed by atoms with Crippen molar-refractivity contribution in [3.8, 4) is 44.5 Å². The van der Waals surface area contributed by atoms with Gasteiger partial charge in [-0.25, -0.2) is 0 Å². The van der Waals surface area contributed by atoms with Gasteiger partial charge in [0.2, 0.25) is 0 Å². The lowest BCUT2D eigenvalue weighted by Crippen LogP contribution is -2.18. The maximum Gasteiger partial charge on any atom is 0.0534 e. The molecule has 0 radical (unpaired) electrons. The number of nitrogens with zero attached hydrogens (tertiary/aromatic N) is 2. The van der Waals surface area contributed by atoms with Gasteiger partial charge in [0.25, 0.3) is 0 Å². The van der Waals surface area contributed by atoms with Crippen LogP contribution in [0.25, 0.3) is 95.1 Å². The van der Waals surface area contributed by atoms with E-state index in [1.807, 2.05) is 0 Å². The molecule has 2 heteroatoms. The summed E-state index contributed by atoms with van der Waals surface area (Å²) in [4.78, 5) is 4.98. The van der Waals surface area contributed by atoms with Crippen LogP contribution in [-0.2, 0) is 5.41 Å². The van der Waals surface area contributed by atoms with Gasteiger partial charge in [0.1, 0.15) is 0 Å². The third-order valence-corrected chi connectivity index (χ3v) is 16.6. The number of benzene rings is 11. The fourth-order valence-corrected chi connectivity index (χ4v) is 13.0.